The normalized spacial score (nSPS) is 11.9. The summed E-state index contributed by atoms with van der Waals surface area (Å²) in [6.45, 7) is 6.24. The van der Waals surface area contributed by atoms with Gasteiger partial charge in [0.25, 0.3) is 0 Å². The van der Waals surface area contributed by atoms with Crippen LogP contribution < -0.4 is 15.2 Å². The summed E-state index contributed by atoms with van der Waals surface area (Å²) in [5.41, 5.74) is 6.86. The quantitative estimate of drug-likeness (QED) is 0.827. The Hall–Kier alpha value is -1.11. The molecule has 1 rings (SSSR count). The average molecular weight is 286 g/mol. The number of aryl methyl sites for hydroxylation is 1. The molecule has 0 heterocycles. The van der Waals surface area contributed by atoms with E-state index >= 15 is 0 Å². The molecule has 0 saturated heterocycles. The molecule has 0 fully saturated rings. The molecule has 0 radical (unpaired) electrons. The number of ether oxygens (including phenoxy) is 1. The van der Waals surface area contributed by atoms with E-state index in [0.717, 1.165) is 5.56 Å². The first kappa shape index (κ1) is 15.9. The van der Waals surface area contributed by atoms with E-state index in [2.05, 4.69) is 4.72 Å². The summed E-state index contributed by atoms with van der Waals surface area (Å²) in [7, 11) is -1.93. The topological polar surface area (TPSA) is 81.4 Å². The van der Waals surface area contributed by atoms with Crippen LogP contribution in [0, 0.1) is 6.92 Å². The highest BCUT2D eigenvalue weighted by Crippen LogP contribution is 2.31. The Balaban J connectivity index is 3.33. The van der Waals surface area contributed by atoms with Crippen molar-refractivity contribution in [1.29, 1.82) is 0 Å². The van der Waals surface area contributed by atoms with E-state index in [1.54, 1.807) is 26.2 Å². The van der Waals surface area contributed by atoms with Crippen molar-refractivity contribution < 1.29 is 13.2 Å². The number of benzene rings is 1. The molecule has 1 aromatic carbocycles. The molecule has 0 aliphatic rings. The lowest BCUT2D eigenvalue weighted by Gasteiger charge is -2.16. The number of sulfonamides is 1. The van der Waals surface area contributed by atoms with Crippen molar-refractivity contribution in [1.82, 2.24) is 4.72 Å². The molecule has 0 aliphatic heterocycles. The van der Waals surface area contributed by atoms with E-state index in [0.29, 0.717) is 11.3 Å². The third kappa shape index (κ3) is 3.68. The molecule has 0 saturated carbocycles. The van der Waals surface area contributed by atoms with Crippen molar-refractivity contribution in [3.8, 4) is 5.75 Å². The first-order valence-corrected chi connectivity index (χ1v) is 7.70. The van der Waals surface area contributed by atoms with E-state index in [-0.39, 0.29) is 23.9 Å². The van der Waals surface area contributed by atoms with Crippen molar-refractivity contribution in [3.05, 3.63) is 23.3 Å². The summed E-state index contributed by atoms with van der Waals surface area (Å²) >= 11 is 0. The van der Waals surface area contributed by atoms with Crippen LogP contribution in [0.4, 0.5) is 0 Å². The summed E-state index contributed by atoms with van der Waals surface area (Å²) in [5, 5.41) is 0. The molecule has 19 heavy (non-hydrogen) atoms. The fourth-order valence-electron chi connectivity index (χ4n) is 1.87. The Bertz CT molecular complexity index is 539. The zero-order valence-electron chi connectivity index (χ0n) is 11.9. The Morgan fingerprint density at radius 2 is 2.00 bits per heavy atom. The van der Waals surface area contributed by atoms with Gasteiger partial charge in [-0.05, 0) is 36.1 Å². The maximum atomic E-state index is 12.2. The fraction of sp³-hybridized carbons (Fsp3) is 0.538. The molecule has 0 aliphatic carbocycles. The lowest BCUT2D eigenvalue weighted by Crippen LogP contribution is -2.29. The molecule has 6 heteroatoms. The van der Waals surface area contributed by atoms with Gasteiger partial charge in [-0.1, -0.05) is 13.8 Å². The highest BCUT2D eigenvalue weighted by Gasteiger charge is 2.20. The maximum Gasteiger partial charge on any atom is 0.240 e. The summed E-state index contributed by atoms with van der Waals surface area (Å²) < 4.78 is 32.1. The maximum absolute atomic E-state index is 12.2. The first-order chi connectivity index (χ1) is 8.83. The summed E-state index contributed by atoms with van der Waals surface area (Å²) in [6, 6.07) is 3.43. The highest BCUT2D eigenvalue weighted by atomic mass is 32.2. The minimum Gasteiger partial charge on any atom is -0.496 e. The minimum atomic E-state index is -3.52. The van der Waals surface area contributed by atoms with Gasteiger partial charge in [-0.15, -0.1) is 0 Å². The third-order valence-electron chi connectivity index (χ3n) is 2.88. The minimum absolute atomic E-state index is 0.180. The molecular formula is C13H22N2O3S. The van der Waals surface area contributed by atoms with E-state index in [4.69, 9.17) is 10.5 Å². The fourth-order valence-corrected chi connectivity index (χ4v) is 3.17. The third-order valence-corrected chi connectivity index (χ3v) is 4.48. The van der Waals surface area contributed by atoms with Gasteiger partial charge >= 0.3 is 0 Å². The molecule has 5 nitrogen and oxygen atoms in total. The second-order valence-corrected chi connectivity index (χ2v) is 6.44. The Kier molecular flexibility index (Phi) is 5.34. The monoisotopic (exact) mass is 286 g/mol. The zero-order chi connectivity index (χ0) is 14.6. The lowest BCUT2D eigenvalue weighted by atomic mass is 10.0. The second-order valence-electron chi connectivity index (χ2n) is 4.70. The van der Waals surface area contributed by atoms with Crippen LogP contribution in [0.5, 0.6) is 5.75 Å². The SMILES string of the molecule is COc1cc(C)c(S(=O)(=O)NCCN)cc1C(C)C. The molecule has 108 valence electrons. The van der Waals surface area contributed by atoms with Crippen LogP contribution in [0.3, 0.4) is 0 Å². The first-order valence-electron chi connectivity index (χ1n) is 6.21. The number of nitrogens with one attached hydrogen (secondary N) is 1. The van der Waals surface area contributed by atoms with Gasteiger partial charge in [-0.25, -0.2) is 13.1 Å². The zero-order valence-corrected chi connectivity index (χ0v) is 12.7. The molecule has 3 N–H and O–H groups in total. The predicted octanol–water partition coefficient (Wildman–Crippen LogP) is 1.36. The van der Waals surface area contributed by atoms with Gasteiger partial charge in [-0.3, -0.25) is 0 Å². The summed E-state index contributed by atoms with van der Waals surface area (Å²) in [6.07, 6.45) is 0. The Morgan fingerprint density at radius 1 is 1.37 bits per heavy atom. The Labute approximate surface area is 115 Å². The van der Waals surface area contributed by atoms with Crippen LogP contribution >= 0.6 is 0 Å². The second kappa shape index (κ2) is 6.36. The van der Waals surface area contributed by atoms with Crippen molar-refractivity contribution in [2.24, 2.45) is 5.73 Å². The number of rotatable bonds is 6. The average Bonchev–Trinajstić information content (AvgIpc) is 2.35. The van der Waals surface area contributed by atoms with Crippen molar-refractivity contribution in [2.75, 3.05) is 20.2 Å². The largest absolute Gasteiger partial charge is 0.496 e. The molecule has 0 spiro atoms. The number of hydrogen-bond acceptors (Lipinski definition) is 4. The number of nitrogens with two attached hydrogens (primary N) is 1. The van der Waals surface area contributed by atoms with Crippen LogP contribution in [0.1, 0.15) is 30.9 Å². The van der Waals surface area contributed by atoms with Crippen LogP contribution in [0.2, 0.25) is 0 Å². The van der Waals surface area contributed by atoms with Gasteiger partial charge in [-0.2, -0.15) is 0 Å². The van der Waals surface area contributed by atoms with E-state index in [9.17, 15) is 8.42 Å². The molecular weight excluding hydrogens is 264 g/mol. The van der Waals surface area contributed by atoms with Gasteiger partial charge < -0.3 is 10.5 Å². The predicted molar refractivity (Wildman–Crippen MR) is 76.1 cm³/mol. The van der Waals surface area contributed by atoms with Gasteiger partial charge in [0.1, 0.15) is 5.75 Å². The van der Waals surface area contributed by atoms with Gasteiger partial charge in [0.05, 0.1) is 12.0 Å². The number of hydrogen-bond donors (Lipinski definition) is 2. The van der Waals surface area contributed by atoms with E-state index in [1.807, 2.05) is 13.8 Å². The van der Waals surface area contributed by atoms with Crippen molar-refractivity contribution in [2.45, 2.75) is 31.6 Å². The van der Waals surface area contributed by atoms with Gasteiger partial charge in [0, 0.05) is 13.1 Å². The molecule has 0 aromatic heterocycles. The smallest absolute Gasteiger partial charge is 0.240 e. The summed E-state index contributed by atoms with van der Waals surface area (Å²) in [4.78, 5) is 0.283. The Morgan fingerprint density at radius 3 is 2.47 bits per heavy atom. The van der Waals surface area contributed by atoms with E-state index < -0.39 is 10.0 Å². The van der Waals surface area contributed by atoms with Crippen LogP contribution in [0.25, 0.3) is 0 Å². The highest BCUT2D eigenvalue weighted by molar-refractivity contribution is 7.89. The standard InChI is InChI=1S/C13H22N2O3S/c1-9(2)11-8-13(10(3)7-12(11)18-4)19(16,17)15-6-5-14/h7-9,15H,5-6,14H2,1-4H3. The molecule has 0 amide bonds. The van der Waals surface area contributed by atoms with E-state index in [1.165, 1.54) is 0 Å². The van der Waals surface area contributed by atoms with Crippen molar-refractivity contribution in [3.63, 3.8) is 0 Å². The molecule has 0 bridgehead atoms. The van der Waals surface area contributed by atoms with Crippen LogP contribution in [-0.4, -0.2) is 28.6 Å². The molecule has 0 unspecified atom stereocenters. The van der Waals surface area contributed by atoms with Gasteiger partial charge in [0.2, 0.25) is 10.0 Å². The molecule has 0 atom stereocenters. The lowest BCUT2D eigenvalue weighted by molar-refractivity contribution is 0.406. The summed E-state index contributed by atoms with van der Waals surface area (Å²) in [5.74, 6) is 0.893. The van der Waals surface area contributed by atoms with Crippen LogP contribution in [-0.2, 0) is 10.0 Å². The van der Waals surface area contributed by atoms with Crippen molar-refractivity contribution >= 4 is 10.0 Å². The number of methoxy groups -OCH3 is 1. The van der Waals surface area contributed by atoms with Crippen LogP contribution in [0.15, 0.2) is 17.0 Å². The molecule has 1 aromatic rings. The van der Waals surface area contributed by atoms with Gasteiger partial charge in [0.15, 0.2) is 0 Å².